The van der Waals surface area contributed by atoms with Crippen LogP contribution in [0.2, 0.25) is 10.0 Å². The topological polar surface area (TPSA) is 58.6 Å². The Morgan fingerprint density at radius 1 is 1.03 bits per heavy atom. The molecule has 0 aliphatic carbocycles. The molecule has 5 nitrogen and oxygen atoms in total. The van der Waals surface area contributed by atoms with Gasteiger partial charge in [-0.2, -0.15) is 0 Å². The van der Waals surface area contributed by atoms with Gasteiger partial charge in [-0.05, 0) is 41.5 Å². The Bertz CT molecular complexity index is 1210. The lowest BCUT2D eigenvalue weighted by Gasteiger charge is -2.24. The summed E-state index contributed by atoms with van der Waals surface area (Å²) in [5.74, 6) is 0.180. The summed E-state index contributed by atoms with van der Waals surface area (Å²) >= 11 is 12.1. The fourth-order valence-electron chi connectivity index (χ4n) is 3.82. The largest absolute Gasteiger partial charge is 0.494 e. The third-order valence-corrected chi connectivity index (χ3v) is 6.09. The van der Waals surface area contributed by atoms with Crippen LogP contribution >= 0.6 is 23.2 Å². The van der Waals surface area contributed by atoms with E-state index >= 15 is 0 Å². The highest BCUT2D eigenvalue weighted by Gasteiger charge is 2.28. The first-order valence-corrected chi connectivity index (χ1v) is 11.1. The van der Waals surface area contributed by atoms with Gasteiger partial charge in [0.2, 0.25) is 11.8 Å². The zero-order valence-corrected chi connectivity index (χ0v) is 19.0. The number of benzene rings is 3. The average Bonchev–Trinajstić information content (AvgIpc) is 2.91. The van der Waals surface area contributed by atoms with Gasteiger partial charge in [0, 0.05) is 24.3 Å². The van der Waals surface area contributed by atoms with Crippen molar-refractivity contribution in [1.29, 1.82) is 0 Å². The minimum atomic E-state index is -0.736. The number of amides is 2. The minimum absolute atomic E-state index is 0.214. The summed E-state index contributed by atoms with van der Waals surface area (Å²) in [5, 5.41) is 5.68. The van der Waals surface area contributed by atoms with E-state index < -0.39 is 6.04 Å². The molecule has 3 aromatic rings. The number of carbonyl (C=O) groups is 2. The van der Waals surface area contributed by atoms with Gasteiger partial charge < -0.3 is 15.0 Å². The zero-order chi connectivity index (χ0) is 22.7. The highest BCUT2D eigenvalue weighted by atomic mass is 35.5. The van der Waals surface area contributed by atoms with Crippen molar-refractivity contribution < 1.29 is 14.3 Å². The summed E-state index contributed by atoms with van der Waals surface area (Å²) in [5.41, 5.74) is 1.70. The quantitative estimate of drug-likeness (QED) is 0.545. The van der Waals surface area contributed by atoms with Gasteiger partial charge in [0.05, 0.1) is 23.2 Å². The van der Waals surface area contributed by atoms with Crippen molar-refractivity contribution in [1.82, 2.24) is 10.2 Å². The molecule has 1 N–H and O–H groups in total. The lowest BCUT2D eigenvalue weighted by Crippen LogP contribution is -2.45. The predicted octanol–water partition coefficient (Wildman–Crippen LogP) is 5.13. The van der Waals surface area contributed by atoms with Crippen molar-refractivity contribution in [2.45, 2.75) is 25.9 Å². The van der Waals surface area contributed by atoms with Crippen LogP contribution in [0, 0.1) is 0 Å². The van der Waals surface area contributed by atoms with E-state index in [1.807, 2.05) is 43.3 Å². The minimum Gasteiger partial charge on any atom is -0.494 e. The Hall–Kier alpha value is -3.02. The fourth-order valence-corrected chi connectivity index (χ4v) is 4.14. The van der Waals surface area contributed by atoms with Gasteiger partial charge in [-0.3, -0.25) is 9.59 Å². The summed E-state index contributed by atoms with van der Waals surface area (Å²) in [7, 11) is 0. The van der Waals surface area contributed by atoms with Gasteiger partial charge in [0.1, 0.15) is 11.8 Å². The Kier molecular flexibility index (Phi) is 6.68. The summed E-state index contributed by atoms with van der Waals surface area (Å²) in [6.45, 7) is 2.71. The number of hydrogen-bond acceptors (Lipinski definition) is 3. The molecule has 0 fully saturated rings. The van der Waals surface area contributed by atoms with Gasteiger partial charge in [0.15, 0.2) is 0 Å². The second-order valence-electron chi connectivity index (χ2n) is 7.49. The average molecular weight is 469 g/mol. The highest BCUT2D eigenvalue weighted by Crippen LogP contribution is 2.30. The molecule has 1 aliphatic heterocycles. The SMILES string of the molecule is CCOc1ccc2ccccc2c1CN1C=CC(=O)NC(Cc2ccc(Cl)c(Cl)c2)C1=O. The first-order valence-electron chi connectivity index (χ1n) is 10.3. The van der Waals surface area contributed by atoms with E-state index in [4.69, 9.17) is 27.9 Å². The number of nitrogens with zero attached hydrogens (tertiary/aromatic N) is 1. The van der Waals surface area contributed by atoms with Crippen LogP contribution in [0.25, 0.3) is 10.8 Å². The number of hydrogen-bond donors (Lipinski definition) is 1. The lowest BCUT2D eigenvalue weighted by atomic mass is 10.0. The molecule has 3 aromatic carbocycles. The van der Waals surface area contributed by atoms with Gasteiger partial charge in [-0.15, -0.1) is 0 Å². The molecule has 1 aliphatic rings. The third kappa shape index (κ3) is 4.74. The smallest absolute Gasteiger partial charge is 0.249 e. The number of carbonyl (C=O) groups excluding carboxylic acids is 2. The van der Waals surface area contributed by atoms with Crippen LogP contribution in [-0.2, 0) is 22.6 Å². The molecule has 1 heterocycles. The maximum Gasteiger partial charge on any atom is 0.249 e. The van der Waals surface area contributed by atoms with E-state index in [2.05, 4.69) is 5.32 Å². The maximum atomic E-state index is 13.4. The zero-order valence-electron chi connectivity index (χ0n) is 17.5. The summed E-state index contributed by atoms with van der Waals surface area (Å²) in [6, 6.07) is 16.3. The first kappa shape index (κ1) is 22.2. The Morgan fingerprint density at radius 3 is 2.62 bits per heavy atom. The van der Waals surface area contributed by atoms with Crippen molar-refractivity contribution in [2.75, 3.05) is 6.61 Å². The van der Waals surface area contributed by atoms with Crippen molar-refractivity contribution >= 4 is 45.8 Å². The highest BCUT2D eigenvalue weighted by molar-refractivity contribution is 6.42. The number of rotatable bonds is 6. The second-order valence-corrected chi connectivity index (χ2v) is 8.31. The number of nitrogens with one attached hydrogen (secondary N) is 1. The second kappa shape index (κ2) is 9.63. The molecule has 0 spiro atoms. The molecule has 1 unspecified atom stereocenters. The van der Waals surface area contributed by atoms with Gasteiger partial charge in [-0.1, -0.05) is 59.6 Å². The molecule has 164 valence electrons. The monoisotopic (exact) mass is 468 g/mol. The van der Waals surface area contributed by atoms with Crippen molar-refractivity contribution in [3.05, 3.63) is 88.0 Å². The van der Waals surface area contributed by atoms with Crippen LogP contribution in [0.3, 0.4) is 0 Å². The first-order chi connectivity index (χ1) is 15.5. The van der Waals surface area contributed by atoms with E-state index in [9.17, 15) is 9.59 Å². The van der Waals surface area contributed by atoms with Crippen molar-refractivity contribution in [3.63, 3.8) is 0 Å². The van der Waals surface area contributed by atoms with Crippen molar-refractivity contribution in [2.24, 2.45) is 0 Å². The van der Waals surface area contributed by atoms with Crippen LogP contribution in [0.1, 0.15) is 18.1 Å². The Morgan fingerprint density at radius 2 is 1.84 bits per heavy atom. The number of halogens is 2. The molecule has 7 heteroatoms. The molecule has 0 saturated heterocycles. The van der Waals surface area contributed by atoms with E-state index in [0.29, 0.717) is 23.1 Å². The molecule has 0 aromatic heterocycles. The van der Waals surface area contributed by atoms with Crippen LogP contribution in [-0.4, -0.2) is 29.4 Å². The number of ether oxygens (including phenoxy) is 1. The van der Waals surface area contributed by atoms with Crippen molar-refractivity contribution in [3.8, 4) is 5.75 Å². The summed E-state index contributed by atoms with van der Waals surface area (Å²) in [6.07, 6.45) is 3.20. The normalized spacial score (nSPS) is 16.2. The molecule has 0 bridgehead atoms. The molecule has 0 radical (unpaired) electrons. The standard InChI is InChI=1S/C25H22Cl2N2O3/c1-2-32-23-10-8-17-5-3-4-6-18(17)19(23)15-29-12-11-24(30)28-22(25(29)31)14-16-7-9-20(26)21(27)13-16/h3-13,22H,2,14-15H2,1H3,(H,28,30). The molecular weight excluding hydrogens is 447 g/mol. The van der Waals surface area contributed by atoms with E-state index in [0.717, 1.165) is 27.6 Å². The van der Waals surface area contributed by atoms with E-state index in [-0.39, 0.29) is 18.4 Å². The van der Waals surface area contributed by atoms with Gasteiger partial charge >= 0.3 is 0 Å². The van der Waals surface area contributed by atoms with Crippen LogP contribution in [0.5, 0.6) is 5.75 Å². The Labute approximate surface area is 196 Å². The van der Waals surface area contributed by atoms with E-state index in [1.54, 1.807) is 23.1 Å². The number of fused-ring (bicyclic) bond motifs is 1. The maximum absolute atomic E-state index is 13.4. The van der Waals surface area contributed by atoms with E-state index in [1.165, 1.54) is 12.3 Å². The molecule has 1 atom stereocenters. The summed E-state index contributed by atoms with van der Waals surface area (Å²) < 4.78 is 5.85. The summed E-state index contributed by atoms with van der Waals surface area (Å²) in [4.78, 5) is 27.3. The molecule has 0 saturated carbocycles. The van der Waals surface area contributed by atoms with Gasteiger partial charge in [-0.25, -0.2) is 0 Å². The molecule has 4 rings (SSSR count). The van der Waals surface area contributed by atoms with Crippen LogP contribution in [0.15, 0.2) is 66.9 Å². The Balaban J connectivity index is 1.66. The third-order valence-electron chi connectivity index (χ3n) is 5.35. The molecule has 32 heavy (non-hydrogen) atoms. The molecule has 2 amide bonds. The van der Waals surface area contributed by atoms with Crippen LogP contribution in [0.4, 0.5) is 0 Å². The predicted molar refractivity (Wildman–Crippen MR) is 127 cm³/mol. The van der Waals surface area contributed by atoms with Crippen LogP contribution < -0.4 is 10.1 Å². The van der Waals surface area contributed by atoms with Gasteiger partial charge in [0.25, 0.3) is 0 Å². The lowest BCUT2D eigenvalue weighted by molar-refractivity contribution is -0.132. The fraction of sp³-hybridized carbons (Fsp3) is 0.200. The molecular formula is C25H22Cl2N2O3.